The van der Waals surface area contributed by atoms with Crippen molar-refractivity contribution in [2.45, 2.75) is 20.8 Å². The first-order valence-corrected chi connectivity index (χ1v) is 4.04. The number of ether oxygens (including phenoxy) is 1. The monoisotopic (exact) mass is 170 g/mol. The zero-order valence-corrected chi connectivity index (χ0v) is 8.02. The van der Waals surface area contributed by atoms with Crippen molar-refractivity contribution in [2.75, 3.05) is 7.11 Å². The SMILES string of the molecule is CC.COc1ccc(F)cc1C. The molecule has 0 saturated heterocycles. The van der Waals surface area contributed by atoms with Gasteiger partial charge in [0, 0.05) is 0 Å². The van der Waals surface area contributed by atoms with E-state index in [9.17, 15) is 4.39 Å². The summed E-state index contributed by atoms with van der Waals surface area (Å²) in [5, 5.41) is 0. The zero-order chi connectivity index (χ0) is 9.56. The average molecular weight is 170 g/mol. The molecule has 68 valence electrons. The Morgan fingerprint density at radius 3 is 2.25 bits per heavy atom. The van der Waals surface area contributed by atoms with E-state index in [2.05, 4.69) is 0 Å². The van der Waals surface area contributed by atoms with Crippen LogP contribution in [0.15, 0.2) is 18.2 Å². The van der Waals surface area contributed by atoms with Gasteiger partial charge in [0.1, 0.15) is 11.6 Å². The van der Waals surface area contributed by atoms with E-state index < -0.39 is 0 Å². The summed E-state index contributed by atoms with van der Waals surface area (Å²) in [4.78, 5) is 0. The zero-order valence-electron chi connectivity index (χ0n) is 8.02. The Morgan fingerprint density at radius 1 is 1.25 bits per heavy atom. The lowest BCUT2D eigenvalue weighted by Crippen LogP contribution is -1.86. The fourth-order valence-corrected chi connectivity index (χ4v) is 0.842. The van der Waals surface area contributed by atoms with Gasteiger partial charge in [-0.1, -0.05) is 13.8 Å². The van der Waals surface area contributed by atoms with Gasteiger partial charge < -0.3 is 4.74 Å². The molecule has 1 nitrogen and oxygen atoms in total. The van der Waals surface area contributed by atoms with Gasteiger partial charge in [-0.25, -0.2) is 4.39 Å². The lowest BCUT2D eigenvalue weighted by atomic mass is 10.2. The first kappa shape index (κ1) is 11.0. The summed E-state index contributed by atoms with van der Waals surface area (Å²) in [6, 6.07) is 4.44. The summed E-state index contributed by atoms with van der Waals surface area (Å²) < 4.78 is 17.4. The Kier molecular flexibility index (Phi) is 5.09. The van der Waals surface area contributed by atoms with Gasteiger partial charge in [0.2, 0.25) is 0 Å². The summed E-state index contributed by atoms with van der Waals surface area (Å²) in [6.45, 7) is 5.81. The van der Waals surface area contributed by atoms with E-state index in [-0.39, 0.29) is 5.82 Å². The van der Waals surface area contributed by atoms with Gasteiger partial charge in [0.05, 0.1) is 7.11 Å². The number of aryl methyl sites for hydroxylation is 1. The smallest absolute Gasteiger partial charge is 0.123 e. The number of halogens is 1. The standard InChI is InChI=1S/C8H9FO.C2H6/c1-6-5-7(9)3-4-8(6)10-2;1-2/h3-5H,1-2H3;1-2H3. The summed E-state index contributed by atoms with van der Waals surface area (Å²) in [7, 11) is 1.57. The second-order valence-corrected chi connectivity index (χ2v) is 2.11. The number of methoxy groups -OCH3 is 1. The highest BCUT2D eigenvalue weighted by Gasteiger charge is 1.96. The van der Waals surface area contributed by atoms with Crippen molar-refractivity contribution >= 4 is 0 Å². The Balaban J connectivity index is 0.000000561. The molecular weight excluding hydrogens is 155 g/mol. The predicted molar refractivity (Wildman–Crippen MR) is 49.0 cm³/mol. The van der Waals surface area contributed by atoms with E-state index in [1.54, 1.807) is 13.2 Å². The van der Waals surface area contributed by atoms with Gasteiger partial charge in [-0.2, -0.15) is 0 Å². The second kappa shape index (κ2) is 5.58. The van der Waals surface area contributed by atoms with Gasteiger partial charge in [0.15, 0.2) is 0 Å². The molecule has 2 heteroatoms. The molecule has 0 aliphatic heterocycles. The molecule has 1 aromatic carbocycles. The van der Waals surface area contributed by atoms with Crippen LogP contribution in [-0.4, -0.2) is 7.11 Å². The molecule has 0 aliphatic rings. The minimum Gasteiger partial charge on any atom is -0.496 e. The van der Waals surface area contributed by atoms with Crippen LogP contribution in [0.3, 0.4) is 0 Å². The van der Waals surface area contributed by atoms with E-state index in [1.807, 2.05) is 20.8 Å². The molecule has 1 aromatic rings. The number of benzene rings is 1. The fourth-order valence-electron chi connectivity index (χ4n) is 0.842. The lowest BCUT2D eigenvalue weighted by molar-refractivity contribution is 0.410. The molecule has 0 fully saturated rings. The van der Waals surface area contributed by atoms with Crippen molar-refractivity contribution in [1.29, 1.82) is 0 Å². The maximum atomic E-state index is 12.4. The molecule has 0 unspecified atom stereocenters. The normalized spacial score (nSPS) is 8.42. The molecule has 12 heavy (non-hydrogen) atoms. The molecule has 0 aromatic heterocycles. The molecule has 0 N–H and O–H groups in total. The molecule has 0 aliphatic carbocycles. The maximum absolute atomic E-state index is 12.4. The maximum Gasteiger partial charge on any atom is 0.123 e. The predicted octanol–water partition coefficient (Wildman–Crippen LogP) is 3.17. The topological polar surface area (TPSA) is 9.23 Å². The average Bonchev–Trinajstić information content (AvgIpc) is 2.08. The van der Waals surface area contributed by atoms with Crippen LogP contribution in [0.25, 0.3) is 0 Å². The lowest BCUT2D eigenvalue weighted by Gasteiger charge is -2.01. The van der Waals surface area contributed by atoms with Crippen molar-refractivity contribution in [1.82, 2.24) is 0 Å². The highest BCUT2D eigenvalue weighted by Crippen LogP contribution is 2.16. The molecule has 0 saturated carbocycles. The Morgan fingerprint density at radius 2 is 1.83 bits per heavy atom. The second-order valence-electron chi connectivity index (χ2n) is 2.11. The molecule has 0 heterocycles. The number of hydrogen-bond acceptors (Lipinski definition) is 1. The number of hydrogen-bond donors (Lipinski definition) is 0. The molecule has 1 rings (SSSR count). The fraction of sp³-hybridized carbons (Fsp3) is 0.400. The summed E-state index contributed by atoms with van der Waals surface area (Å²) in [5.41, 5.74) is 0.822. The van der Waals surface area contributed by atoms with E-state index in [0.717, 1.165) is 11.3 Å². The third-order valence-corrected chi connectivity index (χ3v) is 1.36. The Hall–Kier alpha value is -1.05. The Bertz CT molecular complexity index is 233. The molecule has 0 bridgehead atoms. The number of rotatable bonds is 1. The van der Waals surface area contributed by atoms with Gasteiger partial charge in [-0.15, -0.1) is 0 Å². The third kappa shape index (κ3) is 2.91. The van der Waals surface area contributed by atoms with Gasteiger partial charge in [-0.05, 0) is 30.7 Å². The molecule has 0 spiro atoms. The summed E-state index contributed by atoms with van der Waals surface area (Å²) in [6.07, 6.45) is 0. The van der Waals surface area contributed by atoms with Crippen LogP contribution >= 0.6 is 0 Å². The molecule has 0 atom stereocenters. The summed E-state index contributed by atoms with van der Waals surface area (Å²) in [5.74, 6) is 0.500. The third-order valence-electron chi connectivity index (χ3n) is 1.36. The first-order chi connectivity index (χ1) is 5.74. The largest absolute Gasteiger partial charge is 0.496 e. The van der Waals surface area contributed by atoms with Crippen LogP contribution in [-0.2, 0) is 0 Å². The van der Waals surface area contributed by atoms with Gasteiger partial charge in [0.25, 0.3) is 0 Å². The van der Waals surface area contributed by atoms with Gasteiger partial charge >= 0.3 is 0 Å². The minimum atomic E-state index is -0.224. The van der Waals surface area contributed by atoms with Crippen LogP contribution in [0.4, 0.5) is 4.39 Å². The van der Waals surface area contributed by atoms with E-state index in [4.69, 9.17) is 4.74 Å². The van der Waals surface area contributed by atoms with E-state index in [0.29, 0.717) is 0 Å². The highest BCUT2D eigenvalue weighted by atomic mass is 19.1. The van der Waals surface area contributed by atoms with Gasteiger partial charge in [-0.3, -0.25) is 0 Å². The van der Waals surface area contributed by atoms with E-state index >= 15 is 0 Å². The van der Waals surface area contributed by atoms with Crippen LogP contribution in [0.5, 0.6) is 5.75 Å². The molecule has 0 amide bonds. The first-order valence-electron chi connectivity index (χ1n) is 4.04. The molecule has 0 radical (unpaired) electrons. The van der Waals surface area contributed by atoms with Crippen molar-refractivity contribution in [3.05, 3.63) is 29.6 Å². The van der Waals surface area contributed by atoms with Crippen LogP contribution < -0.4 is 4.74 Å². The highest BCUT2D eigenvalue weighted by molar-refractivity contribution is 5.32. The van der Waals surface area contributed by atoms with Crippen LogP contribution in [0.1, 0.15) is 19.4 Å². The van der Waals surface area contributed by atoms with Crippen molar-refractivity contribution in [2.24, 2.45) is 0 Å². The van der Waals surface area contributed by atoms with Crippen molar-refractivity contribution in [3.63, 3.8) is 0 Å². The van der Waals surface area contributed by atoms with Crippen LogP contribution in [0, 0.1) is 12.7 Å². The minimum absolute atomic E-state index is 0.224. The van der Waals surface area contributed by atoms with Crippen molar-refractivity contribution < 1.29 is 9.13 Å². The van der Waals surface area contributed by atoms with Crippen molar-refractivity contribution in [3.8, 4) is 5.75 Å². The van der Waals surface area contributed by atoms with E-state index in [1.165, 1.54) is 12.1 Å². The quantitative estimate of drug-likeness (QED) is 0.629. The molecular formula is C10H15FO. The Labute approximate surface area is 73.2 Å². The van der Waals surface area contributed by atoms with Crippen LogP contribution in [0.2, 0.25) is 0 Å². The summed E-state index contributed by atoms with van der Waals surface area (Å²) >= 11 is 0.